The standard InChI is InChI=1S/C35H43N3O3/c1-4-5-6-10-13-31(40-3)25-41-30-17-14-28(15-18-30)38-34(27-11-8-7-9-12-27)36-33-19-16-29(24-32(33)35(38)39)37-22-20-26(2)21-23-37/h7-9,11-12,14-19,24,26,31H,4-6,10,13,20-23,25H2,1-3H3. The first-order chi connectivity index (χ1) is 20.1. The van der Waals surface area contributed by atoms with E-state index in [0.717, 1.165) is 54.5 Å². The minimum Gasteiger partial charge on any atom is -0.491 e. The van der Waals surface area contributed by atoms with Gasteiger partial charge in [0.1, 0.15) is 18.2 Å². The predicted molar refractivity (Wildman–Crippen MR) is 168 cm³/mol. The molecule has 1 aliphatic heterocycles. The molecule has 1 fully saturated rings. The Kier molecular flexibility index (Phi) is 9.73. The van der Waals surface area contributed by atoms with E-state index in [1.54, 1.807) is 11.7 Å². The number of benzene rings is 3. The van der Waals surface area contributed by atoms with E-state index in [0.29, 0.717) is 23.3 Å². The van der Waals surface area contributed by atoms with Crippen LogP contribution in [0.15, 0.2) is 77.6 Å². The van der Waals surface area contributed by atoms with Gasteiger partial charge in [-0.2, -0.15) is 0 Å². The van der Waals surface area contributed by atoms with E-state index in [2.05, 4.69) is 24.8 Å². The summed E-state index contributed by atoms with van der Waals surface area (Å²) in [5.41, 5.74) is 3.39. The number of aromatic nitrogens is 2. The van der Waals surface area contributed by atoms with E-state index in [4.69, 9.17) is 14.5 Å². The van der Waals surface area contributed by atoms with E-state index in [1.807, 2.05) is 66.7 Å². The average molecular weight is 554 g/mol. The number of rotatable bonds is 12. The van der Waals surface area contributed by atoms with Gasteiger partial charge in [-0.05, 0) is 67.6 Å². The second-order valence-corrected chi connectivity index (χ2v) is 11.3. The molecule has 0 amide bonds. The van der Waals surface area contributed by atoms with Crippen molar-refractivity contribution in [2.75, 3.05) is 31.7 Å². The summed E-state index contributed by atoms with van der Waals surface area (Å²) in [6.07, 6.45) is 8.26. The summed E-state index contributed by atoms with van der Waals surface area (Å²) in [5.74, 6) is 2.13. The molecule has 5 rings (SSSR count). The van der Waals surface area contributed by atoms with Crippen molar-refractivity contribution in [1.29, 1.82) is 0 Å². The van der Waals surface area contributed by atoms with Gasteiger partial charge in [-0.25, -0.2) is 4.98 Å². The third kappa shape index (κ3) is 6.99. The predicted octanol–water partition coefficient (Wildman–Crippen LogP) is 7.65. The van der Waals surface area contributed by atoms with E-state index in [1.165, 1.54) is 32.1 Å². The lowest BCUT2D eigenvalue weighted by atomic mass is 9.98. The molecule has 0 bridgehead atoms. The first-order valence-corrected chi connectivity index (χ1v) is 15.2. The van der Waals surface area contributed by atoms with Crippen LogP contribution in [0.25, 0.3) is 28.0 Å². The van der Waals surface area contributed by atoms with Gasteiger partial charge in [0.15, 0.2) is 0 Å². The van der Waals surface area contributed by atoms with Gasteiger partial charge in [0.2, 0.25) is 0 Å². The zero-order chi connectivity index (χ0) is 28.6. The third-order valence-electron chi connectivity index (χ3n) is 8.28. The van der Waals surface area contributed by atoms with Gasteiger partial charge in [0.25, 0.3) is 5.56 Å². The van der Waals surface area contributed by atoms with Crippen molar-refractivity contribution in [2.45, 2.75) is 64.9 Å². The van der Waals surface area contributed by atoms with Gasteiger partial charge in [-0.15, -0.1) is 0 Å². The zero-order valence-electron chi connectivity index (χ0n) is 24.7. The molecule has 0 spiro atoms. The summed E-state index contributed by atoms with van der Waals surface area (Å²) in [4.78, 5) is 21.6. The van der Waals surface area contributed by atoms with Crippen LogP contribution >= 0.6 is 0 Å². The summed E-state index contributed by atoms with van der Waals surface area (Å²) < 4.78 is 13.5. The molecule has 0 saturated carbocycles. The van der Waals surface area contributed by atoms with Crippen LogP contribution in [0.4, 0.5) is 5.69 Å². The monoisotopic (exact) mass is 553 g/mol. The van der Waals surface area contributed by atoms with Crippen LogP contribution in [0.5, 0.6) is 5.75 Å². The van der Waals surface area contributed by atoms with Crippen LogP contribution in [0, 0.1) is 5.92 Å². The quantitative estimate of drug-likeness (QED) is 0.169. The molecule has 0 aliphatic carbocycles. The van der Waals surface area contributed by atoms with Crippen molar-refractivity contribution in [2.24, 2.45) is 5.92 Å². The Morgan fingerprint density at radius 3 is 2.37 bits per heavy atom. The highest BCUT2D eigenvalue weighted by Gasteiger charge is 2.19. The molecule has 216 valence electrons. The number of unbranched alkanes of at least 4 members (excludes halogenated alkanes) is 3. The van der Waals surface area contributed by atoms with E-state index < -0.39 is 0 Å². The third-order valence-corrected chi connectivity index (χ3v) is 8.28. The Morgan fingerprint density at radius 1 is 0.927 bits per heavy atom. The van der Waals surface area contributed by atoms with Crippen molar-refractivity contribution in [3.8, 4) is 22.8 Å². The molecule has 1 saturated heterocycles. The topological polar surface area (TPSA) is 56.6 Å². The fourth-order valence-electron chi connectivity index (χ4n) is 5.61. The van der Waals surface area contributed by atoms with Crippen LogP contribution in [0.1, 0.15) is 58.8 Å². The molecule has 1 atom stereocenters. The fraction of sp³-hybridized carbons (Fsp3) is 0.429. The van der Waals surface area contributed by atoms with Gasteiger partial charge in [0, 0.05) is 31.5 Å². The molecule has 3 aromatic carbocycles. The molecule has 0 N–H and O–H groups in total. The molecular weight excluding hydrogens is 510 g/mol. The summed E-state index contributed by atoms with van der Waals surface area (Å²) in [6, 6.07) is 23.8. The Hall–Kier alpha value is -3.64. The van der Waals surface area contributed by atoms with Gasteiger partial charge in [0.05, 0.1) is 22.7 Å². The summed E-state index contributed by atoms with van der Waals surface area (Å²) >= 11 is 0. The first kappa shape index (κ1) is 28.9. The van der Waals surface area contributed by atoms with Crippen molar-refractivity contribution < 1.29 is 9.47 Å². The highest BCUT2D eigenvalue weighted by atomic mass is 16.5. The molecule has 0 radical (unpaired) electrons. The maximum atomic E-state index is 14.2. The summed E-state index contributed by atoms with van der Waals surface area (Å²) in [7, 11) is 1.75. The molecule has 1 aliphatic rings. The SMILES string of the molecule is CCCCCCC(COc1ccc(-n2c(-c3ccccc3)nc3ccc(N4CCC(C)CC4)cc3c2=O)cc1)OC. The normalized spacial score (nSPS) is 14.9. The first-order valence-electron chi connectivity index (χ1n) is 15.2. The van der Waals surface area contributed by atoms with Crippen LogP contribution in [0.2, 0.25) is 0 Å². The molecule has 1 unspecified atom stereocenters. The Balaban J connectivity index is 1.44. The summed E-state index contributed by atoms with van der Waals surface area (Å²) in [5, 5.41) is 0.632. The number of anilines is 1. The van der Waals surface area contributed by atoms with Crippen LogP contribution in [-0.4, -0.2) is 42.5 Å². The Bertz CT molecular complexity index is 1460. The lowest BCUT2D eigenvalue weighted by Gasteiger charge is -2.32. The maximum absolute atomic E-state index is 14.2. The lowest BCUT2D eigenvalue weighted by molar-refractivity contribution is 0.0502. The van der Waals surface area contributed by atoms with Gasteiger partial charge in [-0.3, -0.25) is 9.36 Å². The molecule has 6 heteroatoms. The molecule has 4 aromatic rings. The number of ether oxygens (including phenoxy) is 2. The number of methoxy groups -OCH3 is 1. The smallest absolute Gasteiger partial charge is 0.266 e. The molecular formula is C35H43N3O3. The fourth-order valence-corrected chi connectivity index (χ4v) is 5.61. The number of piperidine rings is 1. The van der Waals surface area contributed by atoms with Crippen LogP contribution < -0.4 is 15.2 Å². The van der Waals surface area contributed by atoms with Crippen molar-refractivity contribution in [3.05, 3.63) is 83.2 Å². The summed E-state index contributed by atoms with van der Waals surface area (Å²) in [6.45, 7) is 7.07. The van der Waals surface area contributed by atoms with Crippen LogP contribution in [0.3, 0.4) is 0 Å². The number of hydrogen-bond acceptors (Lipinski definition) is 5. The van der Waals surface area contributed by atoms with E-state index in [9.17, 15) is 4.79 Å². The van der Waals surface area contributed by atoms with E-state index in [-0.39, 0.29) is 11.7 Å². The van der Waals surface area contributed by atoms with Gasteiger partial charge < -0.3 is 14.4 Å². The molecule has 2 heterocycles. The maximum Gasteiger partial charge on any atom is 0.266 e. The second-order valence-electron chi connectivity index (χ2n) is 11.3. The van der Waals surface area contributed by atoms with E-state index >= 15 is 0 Å². The highest BCUT2D eigenvalue weighted by Crippen LogP contribution is 2.28. The minimum atomic E-state index is -0.0683. The van der Waals surface area contributed by atoms with Gasteiger partial charge in [-0.1, -0.05) is 69.9 Å². The Morgan fingerprint density at radius 2 is 1.66 bits per heavy atom. The van der Waals surface area contributed by atoms with Crippen molar-refractivity contribution >= 4 is 16.6 Å². The largest absolute Gasteiger partial charge is 0.491 e. The number of fused-ring (bicyclic) bond motifs is 1. The van der Waals surface area contributed by atoms with Crippen molar-refractivity contribution in [3.63, 3.8) is 0 Å². The van der Waals surface area contributed by atoms with Crippen molar-refractivity contribution in [1.82, 2.24) is 9.55 Å². The molecule has 41 heavy (non-hydrogen) atoms. The van der Waals surface area contributed by atoms with Gasteiger partial charge >= 0.3 is 0 Å². The molecule has 1 aromatic heterocycles. The van der Waals surface area contributed by atoms with Crippen LogP contribution in [-0.2, 0) is 4.74 Å². The Labute approximate surface area is 243 Å². The number of hydrogen-bond donors (Lipinski definition) is 0. The lowest BCUT2D eigenvalue weighted by Crippen LogP contribution is -2.32. The number of nitrogens with zero attached hydrogens (tertiary/aromatic N) is 3. The second kappa shape index (κ2) is 13.8. The highest BCUT2D eigenvalue weighted by molar-refractivity contribution is 5.84. The molecule has 6 nitrogen and oxygen atoms in total. The minimum absolute atomic E-state index is 0.0683. The zero-order valence-corrected chi connectivity index (χ0v) is 24.7. The average Bonchev–Trinajstić information content (AvgIpc) is 3.02.